The second-order valence-electron chi connectivity index (χ2n) is 5.04. The van der Waals surface area contributed by atoms with E-state index in [1.54, 1.807) is 12.1 Å². The predicted octanol–water partition coefficient (Wildman–Crippen LogP) is 1.59. The summed E-state index contributed by atoms with van der Waals surface area (Å²) in [5.41, 5.74) is 1.06. The van der Waals surface area contributed by atoms with Crippen molar-refractivity contribution in [3.63, 3.8) is 0 Å². The number of carboxylic acid groups (broad SMARTS) is 1. The fourth-order valence-electron chi connectivity index (χ4n) is 1.75. The number of nitrogens with one attached hydrogen (secondary N) is 2. The minimum absolute atomic E-state index is 0.165. The number of urea groups is 1. The molecule has 2 amide bonds. The Hall–Kier alpha value is -2.08. The van der Waals surface area contributed by atoms with Crippen LogP contribution >= 0.6 is 0 Å². The van der Waals surface area contributed by atoms with Gasteiger partial charge >= 0.3 is 12.0 Å². The number of amides is 2. The largest absolute Gasteiger partial charge is 0.478 e. The lowest BCUT2D eigenvalue weighted by Gasteiger charge is -2.09. The minimum atomic E-state index is -0.968. The average molecular weight is 294 g/mol. The molecule has 4 N–H and O–H groups in total. The summed E-state index contributed by atoms with van der Waals surface area (Å²) in [5, 5.41) is 23.1. The van der Waals surface area contributed by atoms with Crippen molar-refractivity contribution in [2.75, 3.05) is 13.2 Å². The van der Waals surface area contributed by atoms with Gasteiger partial charge in [-0.15, -0.1) is 0 Å². The Morgan fingerprint density at radius 1 is 1.19 bits per heavy atom. The second-order valence-corrected chi connectivity index (χ2v) is 5.04. The number of hydrogen-bond donors (Lipinski definition) is 4. The van der Waals surface area contributed by atoms with E-state index < -0.39 is 5.97 Å². The van der Waals surface area contributed by atoms with Crippen molar-refractivity contribution < 1.29 is 19.8 Å². The minimum Gasteiger partial charge on any atom is -0.478 e. The molecular weight excluding hydrogens is 272 g/mol. The van der Waals surface area contributed by atoms with Crippen LogP contribution in [0.4, 0.5) is 4.79 Å². The van der Waals surface area contributed by atoms with Crippen LogP contribution < -0.4 is 10.6 Å². The quantitative estimate of drug-likeness (QED) is 0.547. The topological polar surface area (TPSA) is 98.7 Å². The summed E-state index contributed by atoms with van der Waals surface area (Å²) in [7, 11) is 0. The van der Waals surface area contributed by atoms with Crippen LogP contribution in [0.1, 0.15) is 35.7 Å². The molecule has 0 spiro atoms. The number of carboxylic acids is 1. The highest BCUT2D eigenvalue weighted by Gasteiger charge is 2.04. The lowest BCUT2D eigenvalue weighted by molar-refractivity contribution is 0.0697. The van der Waals surface area contributed by atoms with E-state index in [1.165, 1.54) is 12.1 Å². The monoisotopic (exact) mass is 294 g/mol. The van der Waals surface area contributed by atoms with E-state index in [4.69, 9.17) is 10.2 Å². The Bertz CT molecular complexity index is 459. The molecule has 0 radical (unpaired) electrons. The van der Waals surface area contributed by atoms with Gasteiger partial charge < -0.3 is 20.8 Å². The summed E-state index contributed by atoms with van der Waals surface area (Å²) in [6.07, 6.45) is 1.69. The number of benzene rings is 1. The van der Waals surface area contributed by atoms with Crippen LogP contribution in [0.5, 0.6) is 0 Å². The van der Waals surface area contributed by atoms with Crippen molar-refractivity contribution in [3.05, 3.63) is 35.4 Å². The molecule has 1 atom stereocenters. The van der Waals surface area contributed by atoms with Gasteiger partial charge in [0.15, 0.2) is 0 Å². The van der Waals surface area contributed by atoms with Crippen LogP contribution in [0, 0.1) is 5.92 Å². The van der Waals surface area contributed by atoms with Crippen LogP contribution in [-0.4, -0.2) is 35.4 Å². The van der Waals surface area contributed by atoms with Gasteiger partial charge in [-0.1, -0.05) is 19.1 Å². The predicted molar refractivity (Wildman–Crippen MR) is 79.1 cm³/mol. The van der Waals surface area contributed by atoms with Crippen LogP contribution in [0.15, 0.2) is 24.3 Å². The summed E-state index contributed by atoms with van der Waals surface area (Å²) in [6.45, 7) is 3.03. The number of carbonyl (C=O) groups excluding carboxylic acids is 1. The zero-order valence-corrected chi connectivity index (χ0v) is 12.1. The standard InChI is InChI=1S/C15H22N2O4/c1-11(10-18)3-2-8-16-15(21)17-9-12-4-6-13(7-5-12)14(19)20/h4-7,11,18H,2-3,8-10H2,1H3,(H,19,20)(H2,16,17,21). The second kappa shape index (κ2) is 8.97. The van der Waals surface area contributed by atoms with Gasteiger partial charge in [-0.25, -0.2) is 9.59 Å². The molecular formula is C15H22N2O4. The maximum absolute atomic E-state index is 11.5. The van der Waals surface area contributed by atoms with Gasteiger partial charge in [0.2, 0.25) is 0 Å². The Morgan fingerprint density at radius 3 is 2.43 bits per heavy atom. The maximum Gasteiger partial charge on any atom is 0.335 e. The molecule has 6 nitrogen and oxygen atoms in total. The Kier molecular flexibility index (Phi) is 7.25. The van der Waals surface area contributed by atoms with Crippen molar-refractivity contribution in [1.29, 1.82) is 0 Å². The first kappa shape index (κ1) is 17.0. The molecule has 0 aliphatic rings. The molecule has 116 valence electrons. The van der Waals surface area contributed by atoms with Crippen LogP contribution in [-0.2, 0) is 6.54 Å². The molecule has 6 heteroatoms. The van der Waals surface area contributed by atoms with Crippen molar-refractivity contribution in [3.8, 4) is 0 Å². The van der Waals surface area contributed by atoms with E-state index in [0.717, 1.165) is 18.4 Å². The zero-order chi connectivity index (χ0) is 15.7. The lowest BCUT2D eigenvalue weighted by Crippen LogP contribution is -2.35. The van der Waals surface area contributed by atoms with Gasteiger partial charge in [0.1, 0.15) is 0 Å². The Balaban J connectivity index is 2.22. The number of aliphatic hydroxyl groups is 1. The van der Waals surface area contributed by atoms with E-state index in [0.29, 0.717) is 13.1 Å². The molecule has 1 unspecified atom stereocenters. The third-order valence-corrected chi connectivity index (χ3v) is 3.12. The Morgan fingerprint density at radius 2 is 1.86 bits per heavy atom. The number of aromatic carboxylic acids is 1. The van der Waals surface area contributed by atoms with Crippen molar-refractivity contribution in [2.24, 2.45) is 5.92 Å². The van der Waals surface area contributed by atoms with Gasteiger partial charge in [0.05, 0.1) is 5.56 Å². The zero-order valence-electron chi connectivity index (χ0n) is 12.1. The first-order valence-corrected chi connectivity index (χ1v) is 6.97. The molecule has 1 aromatic carbocycles. The number of carbonyl (C=O) groups is 2. The molecule has 0 saturated heterocycles. The lowest BCUT2D eigenvalue weighted by atomic mass is 10.1. The van der Waals surface area contributed by atoms with Gasteiger partial charge in [-0.05, 0) is 36.5 Å². The molecule has 1 aromatic rings. The summed E-state index contributed by atoms with van der Waals surface area (Å²) in [5.74, 6) is -0.716. The number of rotatable bonds is 8. The van der Waals surface area contributed by atoms with Crippen LogP contribution in [0.2, 0.25) is 0 Å². The molecule has 21 heavy (non-hydrogen) atoms. The number of aliphatic hydroxyl groups excluding tert-OH is 1. The van der Waals surface area contributed by atoms with E-state index in [2.05, 4.69) is 10.6 Å². The van der Waals surface area contributed by atoms with Crippen molar-refractivity contribution >= 4 is 12.0 Å². The molecule has 0 aliphatic heterocycles. The third kappa shape index (κ3) is 6.76. The SMILES string of the molecule is CC(CO)CCCNC(=O)NCc1ccc(C(=O)O)cc1. The molecule has 0 saturated carbocycles. The normalized spacial score (nSPS) is 11.7. The van der Waals surface area contributed by atoms with E-state index in [1.807, 2.05) is 6.92 Å². The number of hydrogen-bond acceptors (Lipinski definition) is 3. The summed E-state index contributed by atoms with van der Waals surface area (Å²) in [4.78, 5) is 22.2. The molecule has 0 aromatic heterocycles. The molecule has 1 rings (SSSR count). The van der Waals surface area contributed by atoms with Crippen LogP contribution in [0.3, 0.4) is 0 Å². The maximum atomic E-state index is 11.5. The molecule has 0 heterocycles. The van der Waals surface area contributed by atoms with Crippen LogP contribution in [0.25, 0.3) is 0 Å². The highest BCUT2D eigenvalue weighted by atomic mass is 16.4. The van der Waals surface area contributed by atoms with Gasteiger partial charge in [0, 0.05) is 19.7 Å². The summed E-state index contributed by atoms with van der Waals surface area (Å²) < 4.78 is 0. The first-order valence-electron chi connectivity index (χ1n) is 6.97. The highest BCUT2D eigenvalue weighted by molar-refractivity contribution is 5.87. The van der Waals surface area contributed by atoms with E-state index in [9.17, 15) is 9.59 Å². The van der Waals surface area contributed by atoms with Crippen molar-refractivity contribution in [2.45, 2.75) is 26.3 Å². The van der Waals surface area contributed by atoms with Gasteiger partial charge in [-0.3, -0.25) is 0 Å². The average Bonchev–Trinajstić information content (AvgIpc) is 2.49. The Labute approximate surface area is 124 Å². The van der Waals surface area contributed by atoms with E-state index >= 15 is 0 Å². The molecule has 0 aliphatic carbocycles. The van der Waals surface area contributed by atoms with Crippen molar-refractivity contribution in [1.82, 2.24) is 10.6 Å². The summed E-state index contributed by atoms with van der Waals surface area (Å²) >= 11 is 0. The van der Waals surface area contributed by atoms with Gasteiger partial charge in [-0.2, -0.15) is 0 Å². The van der Waals surface area contributed by atoms with Gasteiger partial charge in [0.25, 0.3) is 0 Å². The summed E-state index contributed by atoms with van der Waals surface area (Å²) in [6, 6.07) is 6.11. The third-order valence-electron chi connectivity index (χ3n) is 3.12. The first-order chi connectivity index (χ1) is 10.0. The molecule has 0 bridgehead atoms. The van der Waals surface area contributed by atoms with E-state index in [-0.39, 0.29) is 24.1 Å². The molecule has 0 fully saturated rings. The fraction of sp³-hybridized carbons (Fsp3) is 0.467. The fourth-order valence-corrected chi connectivity index (χ4v) is 1.75. The highest BCUT2D eigenvalue weighted by Crippen LogP contribution is 2.04. The smallest absolute Gasteiger partial charge is 0.335 e.